The number of ether oxygens (including phenoxy) is 1. The lowest BCUT2D eigenvalue weighted by molar-refractivity contribution is -0.132. The Bertz CT molecular complexity index is 776. The van der Waals surface area contributed by atoms with Crippen LogP contribution in [0.1, 0.15) is 22.3 Å². The van der Waals surface area contributed by atoms with Gasteiger partial charge >= 0.3 is 0 Å². The summed E-state index contributed by atoms with van der Waals surface area (Å²) in [4.78, 5) is 28.6. The number of para-hydroxylation sites is 1. The molecule has 1 aliphatic heterocycles. The Kier molecular flexibility index (Phi) is 5.61. The number of nitrogens with zero attached hydrogens (tertiary/aromatic N) is 3. The fourth-order valence-electron chi connectivity index (χ4n) is 3.28. The molecule has 2 amide bonds. The van der Waals surface area contributed by atoms with Gasteiger partial charge in [-0.2, -0.15) is 0 Å². The average Bonchev–Trinajstić information content (AvgIpc) is 3.12. The number of aryl methyl sites for hydroxylation is 2. The lowest BCUT2D eigenvalue weighted by Crippen LogP contribution is -2.50. The van der Waals surface area contributed by atoms with Gasteiger partial charge in [-0.1, -0.05) is 18.2 Å². The summed E-state index contributed by atoms with van der Waals surface area (Å²) in [6.07, 6.45) is 4.80. The monoisotopic (exact) mass is 355 g/mol. The SMILES string of the molecule is COc1ccccc1CCC(=O)N1CCN(C(=O)c2ccn(C)c2)CC1. The number of carbonyl (C=O) groups is 2. The molecule has 26 heavy (non-hydrogen) atoms. The van der Waals surface area contributed by atoms with Crippen LogP contribution in [0, 0.1) is 0 Å². The standard InChI is InChI=1S/C20H25N3O3/c1-21-10-9-17(15-21)20(25)23-13-11-22(12-14-23)19(24)8-7-16-5-3-4-6-18(16)26-2/h3-6,9-10,15H,7-8,11-14H2,1-2H3. The van der Waals surface area contributed by atoms with Crippen molar-refractivity contribution < 1.29 is 14.3 Å². The molecule has 0 aliphatic carbocycles. The Morgan fingerprint density at radius 2 is 1.73 bits per heavy atom. The minimum Gasteiger partial charge on any atom is -0.496 e. The third kappa shape index (κ3) is 4.07. The van der Waals surface area contributed by atoms with Crippen molar-refractivity contribution in [1.29, 1.82) is 0 Å². The van der Waals surface area contributed by atoms with E-state index >= 15 is 0 Å². The first-order valence-electron chi connectivity index (χ1n) is 8.89. The summed E-state index contributed by atoms with van der Waals surface area (Å²) in [6, 6.07) is 9.60. The molecule has 0 saturated carbocycles. The number of amides is 2. The number of methoxy groups -OCH3 is 1. The fourth-order valence-corrected chi connectivity index (χ4v) is 3.28. The maximum atomic E-state index is 12.5. The lowest BCUT2D eigenvalue weighted by atomic mass is 10.1. The van der Waals surface area contributed by atoms with Gasteiger partial charge in [0.05, 0.1) is 12.7 Å². The number of rotatable bonds is 5. The Morgan fingerprint density at radius 3 is 2.38 bits per heavy atom. The first kappa shape index (κ1) is 18.0. The molecular formula is C20H25N3O3. The van der Waals surface area contributed by atoms with E-state index < -0.39 is 0 Å². The van der Waals surface area contributed by atoms with Crippen LogP contribution in [0.5, 0.6) is 5.75 Å². The van der Waals surface area contributed by atoms with Gasteiger partial charge in [0, 0.05) is 52.0 Å². The smallest absolute Gasteiger partial charge is 0.255 e. The van der Waals surface area contributed by atoms with E-state index in [9.17, 15) is 9.59 Å². The van der Waals surface area contributed by atoms with E-state index in [2.05, 4.69) is 0 Å². The highest BCUT2D eigenvalue weighted by Crippen LogP contribution is 2.19. The maximum Gasteiger partial charge on any atom is 0.255 e. The first-order valence-corrected chi connectivity index (χ1v) is 8.89. The zero-order valence-electron chi connectivity index (χ0n) is 15.4. The highest BCUT2D eigenvalue weighted by Gasteiger charge is 2.25. The predicted octanol–water partition coefficient (Wildman–Crippen LogP) is 1.95. The van der Waals surface area contributed by atoms with E-state index in [1.54, 1.807) is 7.11 Å². The second-order valence-electron chi connectivity index (χ2n) is 6.55. The Balaban J connectivity index is 1.50. The first-order chi connectivity index (χ1) is 12.6. The number of piperazine rings is 1. The summed E-state index contributed by atoms with van der Waals surface area (Å²) < 4.78 is 7.20. The van der Waals surface area contributed by atoms with Gasteiger partial charge in [0.15, 0.2) is 0 Å². The number of benzene rings is 1. The second-order valence-corrected chi connectivity index (χ2v) is 6.55. The van der Waals surface area contributed by atoms with Crippen LogP contribution in [-0.2, 0) is 18.3 Å². The van der Waals surface area contributed by atoms with Gasteiger partial charge in [-0.25, -0.2) is 0 Å². The molecular weight excluding hydrogens is 330 g/mol. The van der Waals surface area contributed by atoms with Crippen LogP contribution >= 0.6 is 0 Å². The van der Waals surface area contributed by atoms with Crippen LogP contribution in [-0.4, -0.2) is 59.5 Å². The van der Waals surface area contributed by atoms with Crippen molar-refractivity contribution in [3.05, 3.63) is 53.9 Å². The quantitative estimate of drug-likeness (QED) is 0.824. The van der Waals surface area contributed by atoms with Crippen molar-refractivity contribution in [3.8, 4) is 5.75 Å². The average molecular weight is 355 g/mol. The van der Waals surface area contributed by atoms with Crippen molar-refractivity contribution in [3.63, 3.8) is 0 Å². The summed E-state index contributed by atoms with van der Waals surface area (Å²) in [6.45, 7) is 2.33. The van der Waals surface area contributed by atoms with E-state index in [1.165, 1.54) is 0 Å². The van der Waals surface area contributed by atoms with Gasteiger partial charge in [0.25, 0.3) is 5.91 Å². The highest BCUT2D eigenvalue weighted by atomic mass is 16.5. The van der Waals surface area contributed by atoms with Crippen LogP contribution in [0.2, 0.25) is 0 Å². The summed E-state index contributed by atoms with van der Waals surface area (Å²) >= 11 is 0. The Labute approximate surface area is 154 Å². The molecule has 0 spiro atoms. The molecule has 1 aromatic heterocycles. The van der Waals surface area contributed by atoms with Gasteiger partial charge in [0.2, 0.25) is 5.91 Å². The zero-order valence-corrected chi connectivity index (χ0v) is 15.4. The van der Waals surface area contributed by atoms with E-state index in [-0.39, 0.29) is 11.8 Å². The number of aromatic nitrogens is 1. The lowest BCUT2D eigenvalue weighted by Gasteiger charge is -2.34. The predicted molar refractivity (Wildman–Crippen MR) is 99.2 cm³/mol. The summed E-state index contributed by atoms with van der Waals surface area (Å²) in [7, 11) is 3.54. The molecule has 0 bridgehead atoms. The van der Waals surface area contributed by atoms with E-state index in [0.717, 1.165) is 11.3 Å². The van der Waals surface area contributed by atoms with Gasteiger partial charge < -0.3 is 19.1 Å². The molecule has 2 heterocycles. The van der Waals surface area contributed by atoms with Gasteiger partial charge in [-0.15, -0.1) is 0 Å². The molecule has 138 valence electrons. The van der Waals surface area contributed by atoms with E-state index in [4.69, 9.17) is 4.74 Å². The Hall–Kier alpha value is -2.76. The van der Waals surface area contributed by atoms with Crippen molar-refractivity contribution in [2.45, 2.75) is 12.8 Å². The molecule has 6 heteroatoms. The van der Waals surface area contributed by atoms with Crippen molar-refractivity contribution in [2.24, 2.45) is 7.05 Å². The summed E-state index contributed by atoms with van der Waals surface area (Å²) in [5.41, 5.74) is 1.74. The molecule has 1 saturated heterocycles. The van der Waals surface area contributed by atoms with Gasteiger partial charge in [0.1, 0.15) is 5.75 Å². The van der Waals surface area contributed by atoms with Crippen molar-refractivity contribution in [1.82, 2.24) is 14.4 Å². The minimum absolute atomic E-state index is 0.0340. The maximum absolute atomic E-state index is 12.5. The topological polar surface area (TPSA) is 54.8 Å². The van der Waals surface area contributed by atoms with Crippen molar-refractivity contribution >= 4 is 11.8 Å². The largest absolute Gasteiger partial charge is 0.496 e. The van der Waals surface area contributed by atoms with Gasteiger partial charge in [-0.3, -0.25) is 9.59 Å². The summed E-state index contributed by atoms with van der Waals surface area (Å²) in [5.74, 6) is 0.980. The third-order valence-corrected chi connectivity index (χ3v) is 4.80. The molecule has 3 rings (SSSR count). The van der Waals surface area contributed by atoms with Gasteiger partial charge in [-0.05, 0) is 24.1 Å². The summed E-state index contributed by atoms with van der Waals surface area (Å²) in [5, 5.41) is 0. The normalized spacial score (nSPS) is 14.4. The Morgan fingerprint density at radius 1 is 1.04 bits per heavy atom. The second kappa shape index (κ2) is 8.08. The molecule has 0 atom stereocenters. The molecule has 1 fully saturated rings. The van der Waals surface area contributed by atoms with Crippen LogP contribution in [0.15, 0.2) is 42.7 Å². The van der Waals surface area contributed by atoms with Crippen LogP contribution in [0.4, 0.5) is 0 Å². The number of hydrogen-bond donors (Lipinski definition) is 0. The molecule has 6 nitrogen and oxygen atoms in total. The van der Waals surface area contributed by atoms with Crippen LogP contribution < -0.4 is 4.74 Å². The van der Waals surface area contributed by atoms with Crippen molar-refractivity contribution in [2.75, 3.05) is 33.3 Å². The molecule has 2 aromatic rings. The van der Waals surface area contributed by atoms with Crippen LogP contribution in [0.25, 0.3) is 0 Å². The third-order valence-electron chi connectivity index (χ3n) is 4.80. The molecule has 0 radical (unpaired) electrons. The molecule has 0 unspecified atom stereocenters. The number of carbonyl (C=O) groups excluding carboxylic acids is 2. The zero-order chi connectivity index (χ0) is 18.5. The molecule has 0 N–H and O–H groups in total. The van der Waals surface area contributed by atoms with E-state index in [0.29, 0.717) is 44.6 Å². The number of hydrogen-bond acceptors (Lipinski definition) is 3. The highest BCUT2D eigenvalue weighted by molar-refractivity contribution is 5.94. The molecule has 1 aromatic carbocycles. The van der Waals surface area contributed by atoms with Crippen LogP contribution in [0.3, 0.4) is 0 Å². The fraction of sp³-hybridized carbons (Fsp3) is 0.400. The minimum atomic E-state index is 0.0340. The van der Waals surface area contributed by atoms with E-state index in [1.807, 2.05) is 64.1 Å². The molecule has 1 aliphatic rings.